The van der Waals surface area contributed by atoms with Crippen molar-refractivity contribution in [3.8, 4) is 0 Å². The summed E-state index contributed by atoms with van der Waals surface area (Å²) in [5.74, 6) is -0.452. The van der Waals surface area contributed by atoms with Gasteiger partial charge in [-0.3, -0.25) is 4.79 Å². The lowest BCUT2D eigenvalue weighted by Gasteiger charge is -2.27. The van der Waals surface area contributed by atoms with Gasteiger partial charge in [-0.15, -0.1) is 0 Å². The lowest BCUT2D eigenvalue weighted by Crippen LogP contribution is -2.49. The number of nitrogens with one attached hydrogen (secondary N) is 1. The van der Waals surface area contributed by atoms with Crippen LogP contribution in [0, 0.1) is 11.8 Å². The number of hydrogen-bond donors (Lipinski definition) is 2. The van der Waals surface area contributed by atoms with Crippen molar-refractivity contribution in [2.24, 2.45) is 11.8 Å². The highest BCUT2D eigenvalue weighted by Crippen LogP contribution is 2.24. The van der Waals surface area contributed by atoms with Gasteiger partial charge < -0.3 is 15.2 Å². The van der Waals surface area contributed by atoms with Crippen LogP contribution < -0.4 is 5.32 Å². The number of methoxy groups -OCH3 is 1. The minimum absolute atomic E-state index is 0.0169. The van der Waals surface area contributed by atoms with Crippen LogP contribution >= 0.6 is 0 Å². The van der Waals surface area contributed by atoms with Gasteiger partial charge in [0.25, 0.3) is 0 Å². The molecule has 1 aliphatic rings. The van der Waals surface area contributed by atoms with E-state index in [9.17, 15) is 14.7 Å². The summed E-state index contributed by atoms with van der Waals surface area (Å²) < 4.78 is 4.56. The molecule has 116 valence electrons. The van der Waals surface area contributed by atoms with Crippen LogP contribution in [0.1, 0.15) is 52.4 Å². The number of hydrogen-bond acceptors (Lipinski definition) is 4. The number of aliphatic hydroxyl groups excluding tert-OH is 1. The molecule has 1 unspecified atom stereocenters. The largest absolute Gasteiger partial charge is 0.467 e. The molecule has 20 heavy (non-hydrogen) atoms. The molecule has 0 aromatic carbocycles. The Labute approximate surface area is 121 Å². The molecule has 2 atom stereocenters. The van der Waals surface area contributed by atoms with E-state index in [0.29, 0.717) is 6.42 Å². The molecule has 1 aliphatic carbocycles. The fourth-order valence-electron chi connectivity index (χ4n) is 2.72. The Kier molecular flexibility index (Phi) is 6.99. The van der Waals surface area contributed by atoms with Crippen molar-refractivity contribution < 1.29 is 19.4 Å². The van der Waals surface area contributed by atoms with Crippen LogP contribution in [0.15, 0.2) is 0 Å². The first-order valence-corrected chi connectivity index (χ1v) is 7.52. The van der Waals surface area contributed by atoms with Crippen molar-refractivity contribution in [3.05, 3.63) is 0 Å². The first kappa shape index (κ1) is 17.0. The van der Waals surface area contributed by atoms with E-state index < -0.39 is 18.1 Å². The highest BCUT2D eigenvalue weighted by molar-refractivity contribution is 5.81. The third-order valence-electron chi connectivity index (χ3n) is 3.85. The summed E-state index contributed by atoms with van der Waals surface area (Å²) >= 11 is 0. The van der Waals surface area contributed by atoms with Crippen molar-refractivity contribution >= 4 is 11.9 Å². The van der Waals surface area contributed by atoms with Gasteiger partial charge in [0.15, 0.2) is 6.10 Å². The van der Waals surface area contributed by atoms with E-state index in [-0.39, 0.29) is 17.7 Å². The Morgan fingerprint density at radius 2 is 1.85 bits per heavy atom. The van der Waals surface area contributed by atoms with Gasteiger partial charge >= 0.3 is 5.97 Å². The number of esters is 1. The van der Waals surface area contributed by atoms with E-state index in [1.165, 1.54) is 13.5 Å². The van der Waals surface area contributed by atoms with Gasteiger partial charge in [-0.05, 0) is 25.2 Å². The van der Waals surface area contributed by atoms with Gasteiger partial charge in [0.1, 0.15) is 0 Å². The topological polar surface area (TPSA) is 75.6 Å². The van der Waals surface area contributed by atoms with Crippen molar-refractivity contribution in [2.75, 3.05) is 7.11 Å². The van der Waals surface area contributed by atoms with Crippen molar-refractivity contribution in [1.29, 1.82) is 0 Å². The van der Waals surface area contributed by atoms with Crippen LogP contribution in [0.2, 0.25) is 0 Å². The molecule has 5 nitrogen and oxygen atoms in total. The van der Waals surface area contributed by atoms with Gasteiger partial charge in [-0.25, -0.2) is 4.79 Å². The quantitative estimate of drug-likeness (QED) is 0.727. The maximum atomic E-state index is 12.2. The monoisotopic (exact) mass is 285 g/mol. The molecule has 2 N–H and O–H groups in total. The minimum atomic E-state index is -1.30. The van der Waals surface area contributed by atoms with E-state index in [1.807, 2.05) is 13.8 Å². The third-order valence-corrected chi connectivity index (χ3v) is 3.85. The Morgan fingerprint density at radius 3 is 2.35 bits per heavy atom. The van der Waals surface area contributed by atoms with Gasteiger partial charge in [-0.1, -0.05) is 33.1 Å². The molecular weight excluding hydrogens is 258 g/mol. The van der Waals surface area contributed by atoms with E-state index in [0.717, 1.165) is 25.7 Å². The predicted molar refractivity (Wildman–Crippen MR) is 76.0 cm³/mol. The average molecular weight is 285 g/mol. The van der Waals surface area contributed by atoms with Gasteiger partial charge in [0.05, 0.1) is 13.2 Å². The lowest BCUT2D eigenvalue weighted by molar-refractivity contribution is -0.152. The van der Waals surface area contributed by atoms with Gasteiger partial charge in [-0.2, -0.15) is 0 Å². The van der Waals surface area contributed by atoms with E-state index in [1.54, 1.807) is 0 Å². The molecule has 1 fully saturated rings. The molecule has 1 amide bonds. The van der Waals surface area contributed by atoms with Crippen LogP contribution in [0.5, 0.6) is 0 Å². The number of carbonyl (C=O) groups excluding carboxylic acids is 2. The third kappa shape index (κ3) is 5.12. The molecule has 0 aliphatic heterocycles. The average Bonchev–Trinajstić information content (AvgIpc) is 2.45. The summed E-state index contributed by atoms with van der Waals surface area (Å²) in [6.45, 7) is 3.98. The first-order chi connectivity index (χ1) is 9.45. The van der Waals surface area contributed by atoms with Crippen LogP contribution in [-0.4, -0.2) is 36.2 Å². The fourth-order valence-corrected chi connectivity index (χ4v) is 2.72. The van der Waals surface area contributed by atoms with Gasteiger partial charge in [0, 0.05) is 5.92 Å². The molecule has 0 spiro atoms. The Morgan fingerprint density at radius 1 is 1.25 bits per heavy atom. The molecule has 0 aromatic heterocycles. The van der Waals surface area contributed by atoms with Crippen LogP contribution in [0.25, 0.3) is 0 Å². The maximum Gasteiger partial charge on any atom is 0.336 e. The zero-order valence-corrected chi connectivity index (χ0v) is 12.7. The first-order valence-electron chi connectivity index (χ1n) is 7.52. The van der Waals surface area contributed by atoms with Crippen LogP contribution in [-0.2, 0) is 14.3 Å². The zero-order valence-electron chi connectivity index (χ0n) is 12.7. The van der Waals surface area contributed by atoms with Crippen LogP contribution in [0.3, 0.4) is 0 Å². The number of aliphatic hydroxyl groups is 1. The maximum absolute atomic E-state index is 12.2. The molecule has 0 radical (unpaired) electrons. The number of carbonyl (C=O) groups is 2. The number of rotatable bonds is 6. The molecule has 5 heteroatoms. The summed E-state index contributed by atoms with van der Waals surface area (Å²) in [4.78, 5) is 23.7. The molecule has 0 heterocycles. The lowest BCUT2D eigenvalue weighted by atomic mass is 9.88. The van der Waals surface area contributed by atoms with Crippen LogP contribution in [0.4, 0.5) is 0 Å². The summed E-state index contributed by atoms with van der Waals surface area (Å²) in [7, 11) is 1.24. The molecule has 0 saturated heterocycles. The Balaban J connectivity index is 2.63. The van der Waals surface area contributed by atoms with Gasteiger partial charge in [0.2, 0.25) is 5.91 Å². The van der Waals surface area contributed by atoms with Crippen molar-refractivity contribution in [3.63, 3.8) is 0 Å². The SMILES string of the molecule is COC(=O)C(O)[C@H](CC(C)C)NC(=O)C1CCCCC1. The second-order valence-corrected chi connectivity index (χ2v) is 6.05. The van der Waals surface area contributed by atoms with E-state index >= 15 is 0 Å². The highest BCUT2D eigenvalue weighted by atomic mass is 16.5. The summed E-state index contributed by atoms with van der Waals surface area (Å²) in [5.41, 5.74) is 0. The smallest absolute Gasteiger partial charge is 0.336 e. The second-order valence-electron chi connectivity index (χ2n) is 6.05. The Bertz CT molecular complexity index is 324. The van der Waals surface area contributed by atoms with E-state index in [4.69, 9.17) is 0 Å². The summed E-state index contributed by atoms with van der Waals surface area (Å²) in [6, 6.07) is -0.572. The highest BCUT2D eigenvalue weighted by Gasteiger charge is 2.31. The molecule has 1 rings (SSSR count). The minimum Gasteiger partial charge on any atom is -0.467 e. The molecule has 0 bridgehead atoms. The summed E-state index contributed by atoms with van der Waals surface area (Å²) in [6.07, 6.45) is 4.38. The standard InChI is InChI=1S/C15H27NO4/c1-10(2)9-12(13(17)15(19)20-3)16-14(18)11-7-5-4-6-8-11/h10-13,17H,4-9H2,1-3H3,(H,16,18)/t12-,13?/m0/s1. The second kappa shape index (κ2) is 8.25. The fraction of sp³-hybridized carbons (Fsp3) is 0.867. The Hall–Kier alpha value is -1.10. The molecular formula is C15H27NO4. The molecule has 0 aromatic rings. The normalized spacial score (nSPS) is 19.4. The van der Waals surface area contributed by atoms with E-state index in [2.05, 4.69) is 10.1 Å². The number of amides is 1. The molecule has 1 saturated carbocycles. The summed E-state index contributed by atoms with van der Waals surface area (Å²) in [5, 5.41) is 12.8. The van der Waals surface area contributed by atoms with Crippen molar-refractivity contribution in [2.45, 2.75) is 64.5 Å². The zero-order chi connectivity index (χ0) is 15.1. The number of ether oxygens (including phenoxy) is 1. The predicted octanol–water partition coefficient (Wildman–Crippen LogP) is 1.63. The van der Waals surface area contributed by atoms with Crippen molar-refractivity contribution in [1.82, 2.24) is 5.32 Å².